The molecule has 0 saturated carbocycles. The van der Waals surface area contributed by atoms with Gasteiger partial charge in [0.2, 0.25) is 5.91 Å². The number of carboxylic acids is 1. The molecule has 1 amide bonds. The van der Waals surface area contributed by atoms with Crippen molar-refractivity contribution in [1.82, 2.24) is 4.90 Å². The minimum atomic E-state index is -1.06. The lowest BCUT2D eigenvalue weighted by atomic mass is 9.99. The number of morpholine rings is 1. The summed E-state index contributed by atoms with van der Waals surface area (Å²) < 4.78 is 18.7. The molecule has 120 valence electrons. The molecule has 5 nitrogen and oxygen atoms in total. The summed E-state index contributed by atoms with van der Waals surface area (Å²) in [6, 6.07) is 4.65. The van der Waals surface area contributed by atoms with Crippen molar-refractivity contribution in [3.05, 3.63) is 34.1 Å². The Morgan fingerprint density at radius 3 is 2.91 bits per heavy atom. The fourth-order valence-corrected chi connectivity index (χ4v) is 2.84. The van der Waals surface area contributed by atoms with Crippen LogP contribution < -0.4 is 0 Å². The zero-order valence-corrected chi connectivity index (χ0v) is 13.7. The van der Waals surface area contributed by atoms with Crippen LogP contribution in [0, 0.1) is 11.7 Å². The standard InChI is InChI=1S/C15H17BrFNO4/c1-9(6-10-2-3-12(17)11(16)7-10)14(19)18-4-5-22-13(8-18)15(20)21/h2-3,7,9,13H,4-6,8H2,1H3,(H,20,21)/t9-,13+/m0/s1. The van der Waals surface area contributed by atoms with Gasteiger partial charge in [-0.25, -0.2) is 9.18 Å². The second kappa shape index (κ2) is 7.19. The Kier molecular flexibility index (Phi) is 5.52. The molecule has 7 heteroatoms. The van der Waals surface area contributed by atoms with Gasteiger partial charge in [0.05, 0.1) is 17.6 Å². The Labute approximate surface area is 136 Å². The van der Waals surface area contributed by atoms with E-state index in [-0.39, 0.29) is 30.8 Å². The minimum absolute atomic E-state index is 0.0611. The SMILES string of the molecule is C[C@@H](Cc1ccc(F)c(Br)c1)C(=O)N1CCO[C@@H](C(=O)O)C1. The molecule has 1 fully saturated rings. The van der Waals surface area contributed by atoms with Crippen LogP contribution in [0.2, 0.25) is 0 Å². The van der Waals surface area contributed by atoms with E-state index in [1.807, 2.05) is 0 Å². The van der Waals surface area contributed by atoms with E-state index in [1.165, 1.54) is 11.0 Å². The smallest absolute Gasteiger partial charge is 0.334 e. The summed E-state index contributed by atoms with van der Waals surface area (Å²) in [5.41, 5.74) is 0.845. The molecule has 2 rings (SSSR count). The number of amides is 1. The van der Waals surface area contributed by atoms with Gasteiger partial charge >= 0.3 is 5.97 Å². The van der Waals surface area contributed by atoms with Crippen molar-refractivity contribution in [2.24, 2.45) is 5.92 Å². The third-order valence-corrected chi connectivity index (χ3v) is 4.21. The van der Waals surface area contributed by atoms with Gasteiger partial charge in [-0.05, 0) is 40.0 Å². The lowest BCUT2D eigenvalue weighted by molar-refractivity contribution is -0.160. The molecule has 0 aliphatic carbocycles. The van der Waals surface area contributed by atoms with Gasteiger partial charge in [-0.3, -0.25) is 4.79 Å². The van der Waals surface area contributed by atoms with E-state index in [9.17, 15) is 14.0 Å². The van der Waals surface area contributed by atoms with Gasteiger partial charge in [-0.15, -0.1) is 0 Å². The number of nitrogens with zero attached hydrogens (tertiary/aromatic N) is 1. The number of benzene rings is 1. The van der Waals surface area contributed by atoms with Crippen molar-refractivity contribution >= 4 is 27.8 Å². The molecule has 0 radical (unpaired) electrons. The first-order chi connectivity index (χ1) is 10.4. The summed E-state index contributed by atoms with van der Waals surface area (Å²) in [4.78, 5) is 24.9. The minimum Gasteiger partial charge on any atom is -0.479 e. The van der Waals surface area contributed by atoms with Crippen LogP contribution >= 0.6 is 15.9 Å². The van der Waals surface area contributed by atoms with Gasteiger partial charge in [-0.1, -0.05) is 13.0 Å². The predicted molar refractivity (Wildman–Crippen MR) is 80.9 cm³/mol. The van der Waals surface area contributed by atoms with Crippen LogP contribution in [0.25, 0.3) is 0 Å². The highest BCUT2D eigenvalue weighted by Crippen LogP contribution is 2.20. The number of carboxylic acid groups (broad SMARTS) is 1. The number of hydrogen-bond donors (Lipinski definition) is 1. The van der Waals surface area contributed by atoms with E-state index in [0.29, 0.717) is 17.4 Å². The van der Waals surface area contributed by atoms with Crippen molar-refractivity contribution in [3.8, 4) is 0 Å². The first-order valence-corrected chi connectivity index (χ1v) is 7.75. The van der Waals surface area contributed by atoms with Gasteiger partial charge in [0.1, 0.15) is 5.82 Å². The van der Waals surface area contributed by atoms with Gasteiger partial charge in [0, 0.05) is 12.5 Å². The highest BCUT2D eigenvalue weighted by atomic mass is 79.9. The average Bonchev–Trinajstić information content (AvgIpc) is 2.50. The molecule has 0 aromatic heterocycles. The van der Waals surface area contributed by atoms with Gasteiger partial charge in [-0.2, -0.15) is 0 Å². The molecule has 2 atom stereocenters. The zero-order valence-electron chi connectivity index (χ0n) is 12.1. The number of aliphatic carboxylic acids is 1. The third kappa shape index (κ3) is 4.04. The number of carbonyl (C=O) groups excluding carboxylic acids is 1. The van der Waals surface area contributed by atoms with Crippen molar-refractivity contribution in [2.45, 2.75) is 19.4 Å². The molecule has 0 spiro atoms. The van der Waals surface area contributed by atoms with Crippen LogP contribution in [0.5, 0.6) is 0 Å². The highest BCUT2D eigenvalue weighted by molar-refractivity contribution is 9.10. The molecule has 0 unspecified atom stereocenters. The van der Waals surface area contributed by atoms with Crippen LogP contribution in [0.3, 0.4) is 0 Å². The molecule has 1 aliphatic rings. The van der Waals surface area contributed by atoms with Gasteiger partial charge in [0.15, 0.2) is 6.10 Å². The molecule has 1 heterocycles. The molecule has 1 aliphatic heterocycles. The zero-order chi connectivity index (χ0) is 16.3. The molecular weight excluding hydrogens is 357 g/mol. The molecule has 1 aromatic carbocycles. The Balaban J connectivity index is 1.99. The van der Waals surface area contributed by atoms with Crippen molar-refractivity contribution < 1.29 is 23.8 Å². The second-order valence-corrected chi connectivity index (χ2v) is 6.19. The summed E-state index contributed by atoms with van der Waals surface area (Å²) in [7, 11) is 0. The van der Waals surface area contributed by atoms with E-state index < -0.39 is 12.1 Å². The first-order valence-electron chi connectivity index (χ1n) is 6.95. The number of carbonyl (C=O) groups is 2. The first kappa shape index (κ1) is 16.9. The van der Waals surface area contributed by atoms with Crippen LogP contribution in [0.15, 0.2) is 22.7 Å². The largest absolute Gasteiger partial charge is 0.479 e. The molecule has 0 bridgehead atoms. The number of rotatable bonds is 4. The van der Waals surface area contributed by atoms with Crippen molar-refractivity contribution in [2.75, 3.05) is 19.7 Å². The van der Waals surface area contributed by atoms with Gasteiger partial charge < -0.3 is 14.7 Å². The quantitative estimate of drug-likeness (QED) is 0.877. The van der Waals surface area contributed by atoms with Crippen LogP contribution in [0.1, 0.15) is 12.5 Å². The Morgan fingerprint density at radius 1 is 1.55 bits per heavy atom. The topological polar surface area (TPSA) is 66.8 Å². The van der Waals surface area contributed by atoms with E-state index >= 15 is 0 Å². The number of hydrogen-bond acceptors (Lipinski definition) is 3. The summed E-state index contributed by atoms with van der Waals surface area (Å²) in [6.07, 6.45) is -0.503. The van der Waals surface area contributed by atoms with Crippen LogP contribution in [-0.2, 0) is 20.7 Å². The Morgan fingerprint density at radius 2 is 2.27 bits per heavy atom. The van der Waals surface area contributed by atoms with E-state index in [4.69, 9.17) is 9.84 Å². The normalized spacial score (nSPS) is 19.8. The lowest BCUT2D eigenvalue weighted by Crippen LogP contribution is -2.50. The van der Waals surface area contributed by atoms with Crippen LogP contribution in [-0.4, -0.2) is 47.7 Å². The maximum absolute atomic E-state index is 13.2. The maximum atomic E-state index is 13.2. The predicted octanol–water partition coefficient (Wildman–Crippen LogP) is 2.08. The maximum Gasteiger partial charge on any atom is 0.334 e. The van der Waals surface area contributed by atoms with Crippen molar-refractivity contribution in [3.63, 3.8) is 0 Å². The fourth-order valence-electron chi connectivity index (χ4n) is 2.42. The summed E-state index contributed by atoms with van der Waals surface area (Å²) in [5, 5.41) is 8.96. The number of ether oxygens (including phenoxy) is 1. The molecule has 1 N–H and O–H groups in total. The summed E-state index contributed by atoms with van der Waals surface area (Å²) in [5.74, 6) is -1.84. The molecule has 1 aromatic rings. The molecule has 1 saturated heterocycles. The second-order valence-electron chi connectivity index (χ2n) is 5.34. The van der Waals surface area contributed by atoms with E-state index in [2.05, 4.69) is 15.9 Å². The fraction of sp³-hybridized carbons (Fsp3) is 0.467. The summed E-state index contributed by atoms with van der Waals surface area (Å²) >= 11 is 3.12. The number of halogens is 2. The molecular formula is C15H17BrFNO4. The average molecular weight is 374 g/mol. The molecule has 22 heavy (non-hydrogen) atoms. The lowest BCUT2D eigenvalue weighted by Gasteiger charge is -2.32. The highest BCUT2D eigenvalue weighted by Gasteiger charge is 2.30. The van der Waals surface area contributed by atoms with E-state index in [0.717, 1.165) is 5.56 Å². The van der Waals surface area contributed by atoms with Gasteiger partial charge in [0.25, 0.3) is 0 Å². The third-order valence-electron chi connectivity index (χ3n) is 3.60. The van der Waals surface area contributed by atoms with E-state index in [1.54, 1.807) is 19.1 Å². The van der Waals surface area contributed by atoms with Crippen LogP contribution in [0.4, 0.5) is 4.39 Å². The Hall–Kier alpha value is -1.47. The van der Waals surface area contributed by atoms with Crippen molar-refractivity contribution in [1.29, 1.82) is 0 Å². The Bertz CT molecular complexity index is 581. The monoisotopic (exact) mass is 373 g/mol. The summed E-state index contributed by atoms with van der Waals surface area (Å²) in [6.45, 7) is 2.45.